The summed E-state index contributed by atoms with van der Waals surface area (Å²) < 4.78 is 9.66. The van der Waals surface area contributed by atoms with Gasteiger partial charge in [0.15, 0.2) is 0 Å². The molecule has 0 fully saturated rings. The van der Waals surface area contributed by atoms with Crippen molar-refractivity contribution in [2.45, 2.75) is 46.3 Å². The maximum Gasteiger partial charge on any atom is 0.407 e. The van der Waals surface area contributed by atoms with E-state index in [0.717, 1.165) is 5.56 Å². The lowest BCUT2D eigenvalue weighted by molar-refractivity contribution is -0.139. The average molecular weight is 429 g/mol. The third-order valence-electron chi connectivity index (χ3n) is 3.01. The van der Waals surface area contributed by atoms with E-state index in [1.54, 1.807) is 32.0 Å². The van der Waals surface area contributed by atoms with Crippen LogP contribution in [0.4, 0.5) is 4.79 Å². The van der Waals surface area contributed by atoms with Gasteiger partial charge < -0.3 is 20.1 Å². The van der Waals surface area contributed by atoms with Gasteiger partial charge in [-0.3, -0.25) is 0 Å². The molecule has 1 rings (SSSR count). The van der Waals surface area contributed by atoms with Crippen LogP contribution < -0.4 is 10.6 Å². The van der Waals surface area contributed by atoms with Crippen LogP contribution in [0.3, 0.4) is 0 Å². The van der Waals surface area contributed by atoms with E-state index in [2.05, 4.69) is 23.3 Å². The standard InChI is InChI=1S/C13H15NO3S2.C6H13NO2/c1-8-5-3-4-6-10(8)12(15)17-13(16)11(7-18)14-9(2)19;1-6(2,3)9-5(8)7-4/h3-6,11,18H,7H2,1-2H3,(H,14,19);1-4H3,(H,7,8). The van der Waals surface area contributed by atoms with Crippen molar-refractivity contribution < 1.29 is 23.9 Å². The smallest absolute Gasteiger partial charge is 0.407 e. The number of nitrogens with one attached hydrogen (secondary N) is 2. The Kier molecular flexibility index (Phi) is 11.4. The molecule has 0 saturated carbocycles. The number of hydrogen-bond acceptors (Lipinski definition) is 7. The topological polar surface area (TPSA) is 93.7 Å². The van der Waals surface area contributed by atoms with Gasteiger partial charge in [0.25, 0.3) is 0 Å². The van der Waals surface area contributed by atoms with Gasteiger partial charge in [-0.2, -0.15) is 12.6 Å². The molecule has 0 saturated heterocycles. The molecule has 9 heteroatoms. The van der Waals surface area contributed by atoms with Gasteiger partial charge in [0.2, 0.25) is 0 Å². The van der Waals surface area contributed by atoms with E-state index in [1.807, 2.05) is 26.8 Å². The summed E-state index contributed by atoms with van der Waals surface area (Å²) in [4.78, 5) is 34.6. The highest BCUT2D eigenvalue weighted by Gasteiger charge is 2.22. The number of rotatable bonds is 4. The summed E-state index contributed by atoms with van der Waals surface area (Å²) in [6, 6.07) is 6.18. The molecule has 0 heterocycles. The summed E-state index contributed by atoms with van der Waals surface area (Å²) in [6.07, 6.45) is -0.387. The van der Waals surface area contributed by atoms with Gasteiger partial charge in [-0.1, -0.05) is 30.4 Å². The molecule has 1 aromatic rings. The van der Waals surface area contributed by atoms with Crippen molar-refractivity contribution in [3.8, 4) is 0 Å². The number of aryl methyl sites for hydroxylation is 1. The predicted octanol–water partition coefficient (Wildman–Crippen LogP) is 3.05. The number of thiol groups is 1. The average Bonchev–Trinajstić information content (AvgIpc) is 2.58. The van der Waals surface area contributed by atoms with E-state index < -0.39 is 18.0 Å². The lowest BCUT2D eigenvalue weighted by Gasteiger charge is -2.18. The van der Waals surface area contributed by atoms with Crippen LogP contribution in [0.1, 0.15) is 43.6 Å². The summed E-state index contributed by atoms with van der Waals surface area (Å²) in [5, 5.41) is 5.09. The SMILES string of the molecule is CC(=S)NC(CS)C(=O)OC(=O)c1ccccc1C.CNC(=O)OC(C)(C)C. The Morgan fingerprint density at radius 2 is 1.79 bits per heavy atom. The van der Waals surface area contributed by atoms with Gasteiger partial charge in [0, 0.05) is 12.8 Å². The minimum atomic E-state index is -0.728. The Balaban J connectivity index is 0.000000684. The van der Waals surface area contributed by atoms with Crippen LogP contribution in [0, 0.1) is 6.92 Å². The molecular formula is C19H28N2O5S2. The molecule has 0 bridgehead atoms. The molecule has 156 valence electrons. The normalized spacial score (nSPS) is 11.2. The predicted molar refractivity (Wildman–Crippen MR) is 116 cm³/mol. The van der Waals surface area contributed by atoms with Gasteiger partial charge in [-0.25, -0.2) is 14.4 Å². The van der Waals surface area contributed by atoms with Gasteiger partial charge in [-0.15, -0.1) is 0 Å². The molecule has 0 aliphatic rings. The van der Waals surface area contributed by atoms with Crippen molar-refractivity contribution in [1.82, 2.24) is 10.6 Å². The monoisotopic (exact) mass is 428 g/mol. The zero-order valence-electron chi connectivity index (χ0n) is 17.0. The fourth-order valence-electron chi connectivity index (χ4n) is 1.77. The molecule has 0 aliphatic heterocycles. The molecule has 1 amide bonds. The Morgan fingerprint density at radius 3 is 2.18 bits per heavy atom. The molecule has 0 aliphatic carbocycles. The zero-order chi connectivity index (χ0) is 21.9. The highest BCUT2D eigenvalue weighted by atomic mass is 32.1. The Labute approximate surface area is 177 Å². The summed E-state index contributed by atoms with van der Waals surface area (Å²) >= 11 is 8.87. The Hall–Kier alpha value is -2.13. The van der Waals surface area contributed by atoms with Gasteiger partial charge in [0.1, 0.15) is 11.6 Å². The number of carbonyl (C=O) groups is 3. The lowest BCUT2D eigenvalue weighted by Crippen LogP contribution is -2.42. The number of esters is 2. The first-order chi connectivity index (χ1) is 12.9. The van der Waals surface area contributed by atoms with Crippen LogP contribution >= 0.6 is 24.8 Å². The van der Waals surface area contributed by atoms with Crippen molar-refractivity contribution in [3.63, 3.8) is 0 Å². The number of thiocarbonyl (C=S) groups is 1. The number of carbonyl (C=O) groups excluding carboxylic acids is 3. The van der Waals surface area contributed by atoms with Crippen LogP contribution in [0.2, 0.25) is 0 Å². The van der Waals surface area contributed by atoms with E-state index in [9.17, 15) is 14.4 Å². The summed E-state index contributed by atoms with van der Waals surface area (Å²) in [7, 11) is 1.54. The largest absolute Gasteiger partial charge is 0.444 e. The highest BCUT2D eigenvalue weighted by molar-refractivity contribution is 7.80. The third-order valence-corrected chi connectivity index (χ3v) is 3.49. The minimum absolute atomic E-state index is 0.188. The quantitative estimate of drug-likeness (QED) is 0.294. The first kappa shape index (κ1) is 25.9. The molecule has 2 N–H and O–H groups in total. The van der Waals surface area contributed by atoms with Crippen LogP contribution in [0.15, 0.2) is 24.3 Å². The fourth-order valence-corrected chi connectivity index (χ4v) is 2.16. The van der Waals surface area contributed by atoms with Gasteiger partial charge >= 0.3 is 18.0 Å². The summed E-state index contributed by atoms with van der Waals surface area (Å²) in [5.74, 6) is -1.17. The van der Waals surface area contributed by atoms with Crippen LogP contribution in [0.5, 0.6) is 0 Å². The lowest BCUT2D eigenvalue weighted by atomic mass is 10.1. The number of benzene rings is 1. The van der Waals surface area contributed by atoms with Crippen LogP contribution in [-0.4, -0.2) is 47.5 Å². The summed E-state index contributed by atoms with van der Waals surface area (Å²) in [5.41, 5.74) is 0.731. The Bertz CT molecular complexity index is 702. The number of alkyl carbamates (subject to hydrolysis) is 1. The highest BCUT2D eigenvalue weighted by Crippen LogP contribution is 2.09. The van der Waals surface area contributed by atoms with Crippen molar-refractivity contribution in [1.29, 1.82) is 0 Å². The summed E-state index contributed by atoms with van der Waals surface area (Å²) in [6.45, 7) is 8.88. The van der Waals surface area contributed by atoms with Crippen LogP contribution in [-0.2, 0) is 14.3 Å². The molecule has 1 unspecified atom stereocenters. The second-order valence-corrected chi connectivity index (χ2v) is 7.69. The van der Waals surface area contributed by atoms with Crippen molar-refractivity contribution in [3.05, 3.63) is 35.4 Å². The van der Waals surface area contributed by atoms with E-state index in [-0.39, 0.29) is 17.4 Å². The number of amides is 1. The zero-order valence-corrected chi connectivity index (χ0v) is 18.7. The third kappa shape index (κ3) is 10.9. The van der Waals surface area contributed by atoms with Crippen LogP contribution in [0.25, 0.3) is 0 Å². The first-order valence-corrected chi connectivity index (χ1v) is 9.55. The maximum atomic E-state index is 11.9. The first-order valence-electron chi connectivity index (χ1n) is 8.51. The number of ether oxygens (including phenoxy) is 2. The molecule has 28 heavy (non-hydrogen) atoms. The fraction of sp³-hybridized carbons (Fsp3) is 0.474. The molecule has 7 nitrogen and oxygen atoms in total. The second-order valence-electron chi connectivity index (χ2n) is 6.71. The van der Waals surface area contributed by atoms with Crippen molar-refractivity contribution in [2.24, 2.45) is 0 Å². The van der Waals surface area contributed by atoms with Crippen molar-refractivity contribution >= 4 is 47.9 Å². The molecule has 0 spiro atoms. The minimum Gasteiger partial charge on any atom is -0.444 e. The van der Waals surface area contributed by atoms with Crippen molar-refractivity contribution in [2.75, 3.05) is 12.8 Å². The van der Waals surface area contributed by atoms with E-state index in [0.29, 0.717) is 10.6 Å². The van der Waals surface area contributed by atoms with Gasteiger partial charge in [-0.05, 0) is 46.2 Å². The molecule has 0 radical (unpaired) electrons. The van der Waals surface area contributed by atoms with E-state index in [4.69, 9.17) is 21.7 Å². The van der Waals surface area contributed by atoms with Gasteiger partial charge in [0.05, 0.1) is 10.6 Å². The molecule has 1 atom stereocenters. The van der Waals surface area contributed by atoms with E-state index >= 15 is 0 Å². The second kappa shape index (κ2) is 12.4. The molecular weight excluding hydrogens is 400 g/mol. The Morgan fingerprint density at radius 1 is 1.21 bits per heavy atom. The number of hydrogen-bond donors (Lipinski definition) is 3. The molecule has 1 aromatic carbocycles. The maximum absolute atomic E-state index is 11.9. The van der Waals surface area contributed by atoms with E-state index in [1.165, 1.54) is 7.05 Å². The molecule has 0 aromatic heterocycles.